The van der Waals surface area contributed by atoms with Gasteiger partial charge in [-0.05, 0) is 30.3 Å². The summed E-state index contributed by atoms with van der Waals surface area (Å²) in [5.41, 5.74) is 6.77. The second-order valence-electron chi connectivity index (χ2n) is 4.80. The molecule has 3 rings (SSSR count). The summed E-state index contributed by atoms with van der Waals surface area (Å²) in [6.07, 6.45) is 0. The van der Waals surface area contributed by atoms with Crippen LogP contribution >= 0.6 is 34.5 Å². The van der Waals surface area contributed by atoms with E-state index in [0.717, 1.165) is 10.1 Å². The SMILES string of the molecule is COc1ccc(N)cc1NC(=O)c1sc2cc(Cl)ccc2c1Cl. The first-order valence-corrected chi connectivity index (χ1v) is 8.19. The number of benzene rings is 2. The molecule has 0 spiro atoms. The molecule has 1 heterocycles. The number of hydrogen-bond acceptors (Lipinski definition) is 4. The molecular weight excluding hydrogens is 355 g/mol. The monoisotopic (exact) mass is 366 g/mol. The van der Waals surface area contributed by atoms with Crippen molar-refractivity contribution in [2.45, 2.75) is 0 Å². The van der Waals surface area contributed by atoms with Crippen molar-refractivity contribution in [1.29, 1.82) is 0 Å². The van der Waals surface area contributed by atoms with Crippen molar-refractivity contribution in [2.75, 3.05) is 18.2 Å². The number of nitrogen functional groups attached to an aromatic ring is 1. The van der Waals surface area contributed by atoms with Gasteiger partial charge in [-0.2, -0.15) is 0 Å². The standard InChI is InChI=1S/C16H12Cl2N2O2S/c1-22-12-5-3-9(19)7-11(12)20-16(21)15-14(18)10-4-2-8(17)6-13(10)23-15/h2-7H,19H2,1H3,(H,20,21). The fourth-order valence-corrected chi connectivity index (χ4v) is 3.88. The number of nitrogens with two attached hydrogens (primary N) is 1. The zero-order chi connectivity index (χ0) is 16.6. The van der Waals surface area contributed by atoms with Gasteiger partial charge in [0, 0.05) is 20.8 Å². The van der Waals surface area contributed by atoms with Crippen LogP contribution in [0.1, 0.15) is 9.67 Å². The number of halogens is 2. The van der Waals surface area contributed by atoms with Crippen molar-refractivity contribution >= 4 is 61.9 Å². The number of ether oxygens (including phenoxy) is 1. The van der Waals surface area contributed by atoms with Gasteiger partial charge in [0.15, 0.2) is 0 Å². The Labute approximate surface area is 146 Å². The van der Waals surface area contributed by atoms with E-state index in [9.17, 15) is 4.79 Å². The highest BCUT2D eigenvalue weighted by atomic mass is 35.5. The van der Waals surface area contributed by atoms with E-state index in [-0.39, 0.29) is 5.91 Å². The van der Waals surface area contributed by atoms with Crippen LogP contribution < -0.4 is 15.8 Å². The normalized spacial score (nSPS) is 10.7. The van der Waals surface area contributed by atoms with Crippen molar-refractivity contribution < 1.29 is 9.53 Å². The summed E-state index contributed by atoms with van der Waals surface area (Å²) in [5.74, 6) is 0.198. The van der Waals surface area contributed by atoms with E-state index in [1.165, 1.54) is 18.4 Å². The number of amides is 1. The molecule has 2 aromatic carbocycles. The zero-order valence-corrected chi connectivity index (χ0v) is 14.4. The van der Waals surface area contributed by atoms with Gasteiger partial charge in [0.2, 0.25) is 0 Å². The number of fused-ring (bicyclic) bond motifs is 1. The summed E-state index contributed by atoms with van der Waals surface area (Å²) >= 11 is 13.6. The Bertz CT molecular complexity index is 908. The first-order chi connectivity index (χ1) is 11.0. The molecule has 0 saturated carbocycles. The lowest BCUT2D eigenvalue weighted by atomic mass is 10.2. The fraction of sp³-hybridized carbons (Fsp3) is 0.0625. The second-order valence-corrected chi connectivity index (χ2v) is 6.67. The number of carbonyl (C=O) groups is 1. The molecule has 1 amide bonds. The third kappa shape index (κ3) is 3.08. The molecule has 0 saturated heterocycles. The summed E-state index contributed by atoms with van der Waals surface area (Å²) in [5, 5.41) is 4.58. The van der Waals surface area contributed by atoms with E-state index in [4.69, 9.17) is 33.7 Å². The van der Waals surface area contributed by atoms with E-state index in [0.29, 0.717) is 32.0 Å². The lowest BCUT2D eigenvalue weighted by molar-refractivity contribution is 0.103. The Morgan fingerprint density at radius 2 is 2.00 bits per heavy atom. The largest absolute Gasteiger partial charge is 0.495 e. The fourth-order valence-electron chi connectivity index (χ4n) is 2.19. The van der Waals surface area contributed by atoms with Gasteiger partial charge in [-0.1, -0.05) is 29.3 Å². The Kier molecular flexibility index (Phi) is 4.35. The van der Waals surface area contributed by atoms with Gasteiger partial charge in [-0.3, -0.25) is 4.79 Å². The highest BCUT2D eigenvalue weighted by molar-refractivity contribution is 7.21. The number of anilines is 2. The first kappa shape index (κ1) is 15.9. The molecule has 118 valence electrons. The lowest BCUT2D eigenvalue weighted by Gasteiger charge is -2.10. The molecule has 0 aliphatic heterocycles. The summed E-state index contributed by atoms with van der Waals surface area (Å²) in [4.78, 5) is 13.0. The molecule has 0 aliphatic carbocycles. The van der Waals surface area contributed by atoms with E-state index < -0.39 is 0 Å². The molecule has 7 heteroatoms. The van der Waals surface area contributed by atoms with Gasteiger partial charge >= 0.3 is 0 Å². The van der Waals surface area contributed by atoms with Gasteiger partial charge in [0.05, 0.1) is 17.8 Å². The van der Waals surface area contributed by atoms with Gasteiger partial charge in [0.25, 0.3) is 5.91 Å². The minimum atomic E-state index is -0.323. The van der Waals surface area contributed by atoms with Crippen molar-refractivity contribution in [3.63, 3.8) is 0 Å². The quantitative estimate of drug-likeness (QED) is 0.637. The maximum atomic E-state index is 12.6. The minimum absolute atomic E-state index is 0.323. The van der Waals surface area contributed by atoms with E-state index in [1.54, 1.807) is 36.4 Å². The maximum Gasteiger partial charge on any atom is 0.267 e. The summed E-state index contributed by atoms with van der Waals surface area (Å²) in [6, 6.07) is 10.3. The van der Waals surface area contributed by atoms with Crippen molar-refractivity contribution in [3.05, 3.63) is 51.3 Å². The van der Waals surface area contributed by atoms with Crippen LogP contribution in [0, 0.1) is 0 Å². The van der Waals surface area contributed by atoms with Crippen molar-refractivity contribution in [1.82, 2.24) is 0 Å². The predicted molar refractivity (Wildman–Crippen MR) is 97.2 cm³/mol. The first-order valence-electron chi connectivity index (χ1n) is 6.62. The molecule has 23 heavy (non-hydrogen) atoms. The van der Waals surface area contributed by atoms with Crippen LogP contribution in [-0.2, 0) is 0 Å². The van der Waals surface area contributed by atoms with Crippen molar-refractivity contribution in [2.24, 2.45) is 0 Å². The number of rotatable bonds is 3. The summed E-state index contributed by atoms with van der Waals surface area (Å²) in [6.45, 7) is 0. The van der Waals surface area contributed by atoms with Crippen LogP contribution in [0.15, 0.2) is 36.4 Å². The molecular formula is C16H12Cl2N2O2S. The number of carbonyl (C=O) groups excluding carboxylic acids is 1. The Balaban J connectivity index is 1.98. The lowest BCUT2D eigenvalue weighted by Crippen LogP contribution is -2.11. The van der Waals surface area contributed by atoms with Crippen LogP contribution in [0.3, 0.4) is 0 Å². The maximum absolute atomic E-state index is 12.6. The zero-order valence-electron chi connectivity index (χ0n) is 12.0. The van der Waals surface area contributed by atoms with Gasteiger partial charge in [-0.25, -0.2) is 0 Å². The highest BCUT2D eigenvalue weighted by Crippen LogP contribution is 2.37. The second kappa shape index (κ2) is 6.28. The van der Waals surface area contributed by atoms with E-state index >= 15 is 0 Å². The highest BCUT2D eigenvalue weighted by Gasteiger charge is 2.18. The van der Waals surface area contributed by atoms with Gasteiger partial charge in [-0.15, -0.1) is 11.3 Å². The molecule has 1 aromatic heterocycles. The third-order valence-electron chi connectivity index (χ3n) is 3.27. The van der Waals surface area contributed by atoms with Gasteiger partial charge < -0.3 is 15.8 Å². The summed E-state index contributed by atoms with van der Waals surface area (Å²) in [7, 11) is 1.52. The average Bonchev–Trinajstić information content (AvgIpc) is 2.84. The summed E-state index contributed by atoms with van der Waals surface area (Å²) < 4.78 is 6.08. The number of thiophene rings is 1. The van der Waals surface area contributed by atoms with E-state index in [1.807, 2.05) is 0 Å². The number of hydrogen-bond donors (Lipinski definition) is 2. The molecule has 0 unspecified atom stereocenters. The van der Waals surface area contributed by atoms with E-state index in [2.05, 4.69) is 5.32 Å². The Morgan fingerprint density at radius 1 is 1.22 bits per heavy atom. The molecule has 0 atom stereocenters. The minimum Gasteiger partial charge on any atom is -0.495 e. The van der Waals surface area contributed by atoms with Crippen LogP contribution in [0.25, 0.3) is 10.1 Å². The topological polar surface area (TPSA) is 64.3 Å². The predicted octanol–water partition coefficient (Wildman–Crippen LogP) is 5.05. The molecule has 0 fully saturated rings. The van der Waals surface area contributed by atoms with Crippen LogP contribution in [-0.4, -0.2) is 13.0 Å². The molecule has 0 aliphatic rings. The Hall–Kier alpha value is -1.95. The van der Waals surface area contributed by atoms with Gasteiger partial charge in [0.1, 0.15) is 10.6 Å². The molecule has 3 N–H and O–H groups in total. The number of nitrogens with one attached hydrogen (secondary N) is 1. The smallest absolute Gasteiger partial charge is 0.267 e. The molecule has 4 nitrogen and oxygen atoms in total. The Morgan fingerprint density at radius 3 is 2.74 bits per heavy atom. The molecule has 3 aromatic rings. The average molecular weight is 367 g/mol. The number of methoxy groups -OCH3 is 1. The third-order valence-corrected chi connectivity index (χ3v) is 5.16. The molecule has 0 radical (unpaired) electrons. The van der Waals surface area contributed by atoms with Crippen molar-refractivity contribution in [3.8, 4) is 5.75 Å². The molecule has 0 bridgehead atoms. The van der Waals surface area contributed by atoms with Crippen LogP contribution in [0.2, 0.25) is 10.0 Å². The van der Waals surface area contributed by atoms with Crippen LogP contribution in [0.5, 0.6) is 5.75 Å². The van der Waals surface area contributed by atoms with Crippen LogP contribution in [0.4, 0.5) is 11.4 Å².